The summed E-state index contributed by atoms with van der Waals surface area (Å²) in [5.41, 5.74) is 7.17. The van der Waals surface area contributed by atoms with Crippen molar-refractivity contribution >= 4 is 28.8 Å². The Balaban J connectivity index is 1.42. The first-order chi connectivity index (χ1) is 16.6. The summed E-state index contributed by atoms with van der Waals surface area (Å²) < 4.78 is 5.47. The van der Waals surface area contributed by atoms with Gasteiger partial charge in [-0.2, -0.15) is 0 Å². The molecule has 34 heavy (non-hydrogen) atoms. The Kier molecular flexibility index (Phi) is 5.43. The molecule has 2 aliphatic rings. The van der Waals surface area contributed by atoms with Gasteiger partial charge >= 0.3 is 0 Å². The molecule has 0 saturated heterocycles. The Morgan fingerprint density at radius 1 is 0.912 bits per heavy atom. The van der Waals surface area contributed by atoms with Crippen molar-refractivity contribution in [2.75, 3.05) is 13.7 Å². The van der Waals surface area contributed by atoms with Crippen LogP contribution in [0.4, 0.5) is 0 Å². The van der Waals surface area contributed by atoms with Crippen molar-refractivity contribution < 1.29 is 9.53 Å². The molecule has 0 spiro atoms. The number of benzene rings is 3. The molecule has 1 aromatic heterocycles. The lowest BCUT2D eigenvalue weighted by Crippen LogP contribution is -2.40. The predicted molar refractivity (Wildman–Crippen MR) is 138 cm³/mol. The second-order valence-corrected chi connectivity index (χ2v) is 10.3. The maximum Gasteiger partial charge on any atom is 0.264 e. The van der Waals surface area contributed by atoms with Gasteiger partial charge in [-0.15, -0.1) is 11.3 Å². The van der Waals surface area contributed by atoms with Crippen LogP contribution in [0.5, 0.6) is 5.75 Å². The normalized spacial score (nSPS) is 16.4. The number of fused-ring (bicyclic) bond motifs is 4. The molecule has 0 unspecified atom stereocenters. The van der Waals surface area contributed by atoms with Crippen LogP contribution in [0.1, 0.15) is 43.5 Å². The quantitative estimate of drug-likeness (QED) is 0.314. The smallest absolute Gasteiger partial charge is 0.264 e. The van der Waals surface area contributed by atoms with Gasteiger partial charge in [0.25, 0.3) is 5.91 Å². The maximum absolute atomic E-state index is 14.0. The third-order valence-electron chi connectivity index (χ3n) is 6.99. The van der Waals surface area contributed by atoms with E-state index in [9.17, 15) is 4.79 Å². The van der Waals surface area contributed by atoms with Crippen molar-refractivity contribution in [3.63, 3.8) is 0 Å². The zero-order valence-corrected chi connectivity index (χ0v) is 20.5. The SMILES string of the molecule is COc1ccc2c(c1)-c1sc(C(=O)N3CCc4ccccc4[C@@H]3c3ccccc3Cl)cc1CC2. The van der Waals surface area contributed by atoms with Crippen LogP contribution >= 0.6 is 22.9 Å². The Hall–Kier alpha value is -3.08. The molecule has 5 heteroatoms. The minimum atomic E-state index is -0.197. The van der Waals surface area contributed by atoms with E-state index in [1.54, 1.807) is 18.4 Å². The molecule has 1 amide bonds. The molecule has 170 valence electrons. The largest absolute Gasteiger partial charge is 0.497 e. The van der Waals surface area contributed by atoms with Crippen LogP contribution < -0.4 is 4.74 Å². The summed E-state index contributed by atoms with van der Waals surface area (Å²) in [5.74, 6) is 0.919. The van der Waals surface area contributed by atoms with E-state index in [2.05, 4.69) is 36.4 Å². The fraction of sp³-hybridized carbons (Fsp3) is 0.207. The van der Waals surface area contributed by atoms with E-state index in [0.717, 1.165) is 41.0 Å². The zero-order chi connectivity index (χ0) is 23.2. The molecule has 6 rings (SSSR count). The molecule has 1 aliphatic carbocycles. The van der Waals surface area contributed by atoms with Gasteiger partial charge in [0, 0.05) is 16.4 Å². The number of rotatable bonds is 3. The molecule has 0 saturated carbocycles. The van der Waals surface area contributed by atoms with Crippen molar-refractivity contribution in [2.24, 2.45) is 0 Å². The number of hydrogen-bond acceptors (Lipinski definition) is 3. The Bertz CT molecular complexity index is 1410. The van der Waals surface area contributed by atoms with Gasteiger partial charge in [-0.05, 0) is 76.9 Å². The van der Waals surface area contributed by atoms with E-state index in [-0.39, 0.29) is 11.9 Å². The number of thiophene rings is 1. The number of nitrogens with zero attached hydrogens (tertiary/aromatic N) is 1. The van der Waals surface area contributed by atoms with Crippen LogP contribution in [0, 0.1) is 0 Å². The van der Waals surface area contributed by atoms with Crippen LogP contribution in [0.15, 0.2) is 72.8 Å². The monoisotopic (exact) mass is 485 g/mol. The average molecular weight is 486 g/mol. The number of methoxy groups -OCH3 is 1. The molecule has 2 heterocycles. The number of amides is 1. The van der Waals surface area contributed by atoms with Crippen LogP contribution in [0.2, 0.25) is 5.02 Å². The molecule has 1 aliphatic heterocycles. The Morgan fingerprint density at radius 2 is 1.68 bits per heavy atom. The summed E-state index contributed by atoms with van der Waals surface area (Å²) in [6.45, 7) is 0.665. The molecule has 4 aromatic rings. The van der Waals surface area contributed by atoms with Gasteiger partial charge in [-0.1, -0.05) is 60.1 Å². The first kappa shape index (κ1) is 21.5. The standard InChI is InChI=1S/C29H24ClNO2S/c1-33-21-13-12-19-10-11-20-16-26(34-28(20)24(19)17-21)29(32)31-15-14-18-6-2-3-7-22(18)27(31)23-8-4-5-9-25(23)30/h2-9,12-13,16-17,27H,10-11,14-15H2,1H3/t27-/m1/s1. The van der Waals surface area contributed by atoms with Crippen molar-refractivity contribution in [2.45, 2.75) is 25.3 Å². The van der Waals surface area contributed by atoms with Gasteiger partial charge in [-0.25, -0.2) is 0 Å². The first-order valence-corrected chi connectivity index (χ1v) is 12.8. The highest BCUT2D eigenvalue weighted by Gasteiger charge is 2.35. The second-order valence-electron chi connectivity index (χ2n) is 8.86. The number of halogens is 1. The van der Waals surface area contributed by atoms with Gasteiger partial charge < -0.3 is 9.64 Å². The molecule has 1 atom stereocenters. The van der Waals surface area contributed by atoms with Crippen molar-refractivity contribution in [3.8, 4) is 16.2 Å². The average Bonchev–Trinajstić information content (AvgIpc) is 3.33. The lowest BCUT2D eigenvalue weighted by molar-refractivity contribution is 0.0699. The van der Waals surface area contributed by atoms with Gasteiger partial charge in [0.15, 0.2) is 0 Å². The third-order valence-corrected chi connectivity index (χ3v) is 8.53. The predicted octanol–water partition coefficient (Wildman–Crippen LogP) is 6.96. The topological polar surface area (TPSA) is 29.5 Å². The van der Waals surface area contributed by atoms with E-state index in [0.29, 0.717) is 11.6 Å². The number of carbonyl (C=O) groups excluding carboxylic acids is 1. The fourth-order valence-electron chi connectivity index (χ4n) is 5.29. The highest BCUT2D eigenvalue weighted by molar-refractivity contribution is 7.17. The van der Waals surface area contributed by atoms with E-state index in [1.165, 1.54) is 27.1 Å². The molecule has 3 aromatic carbocycles. The van der Waals surface area contributed by atoms with Crippen LogP contribution in [0.3, 0.4) is 0 Å². The lowest BCUT2D eigenvalue weighted by Gasteiger charge is -2.38. The van der Waals surface area contributed by atoms with E-state index < -0.39 is 0 Å². The maximum atomic E-state index is 14.0. The van der Waals surface area contributed by atoms with Gasteiger partial charge in [0.05, 0.1) is 18.0 Å². The molecular formula is C29H24ClNO2S. The summed E-state index contributed by atoms with van der Waals surface area (Å²) in [7, 11) is 1.69. The van der Waals surface area contributed by atoms with E-state index >= 15 is 0 Å². The lowest BCUT2D eigenvalue weighted by atomic mass is 9.88. The van der Waals surface area contributed by atoms with Crippen LogP contribution in [-0.4, -0.2) is 24.5 Å². The molecule has 0 radical (unpaired) electrons. The number of aryl methyl sites for hydroxylation is 2. The molecular weight excluding hydrogens is 462 g/mol. The van der Waals surface area contributed by atoms with Gasteiger partial charge in [0.2, 0.25) is 0 Å². The van der Waals surface area contributed by atoms with Gasteiger partial charge in [-0.3, -0.25) is 4.79 Å². The fourth-order valence-corrected chi connectivity index (χ4v) is 6.74. The molecule has 0 bridgehead atoms. The molecule has 3 nitrogen and oxygen atoms in total. The minimum absolute atomic E-state index is 0.0725. The number of hydrogen-bond donors (Lipinski definition) is 0. The Labute approximate surface area is 208 Å². The first-order valence-electron chi connectivity index (χ1n) is 11.6. The number of ether oxygens (including phenoxy) is 1. The van der Waals surface area contributed by atoms with Gasteiger partial charge in [0.1, 0.15) is 5.75 Å². The van der Waals surface area contributed by atoms with Crippen molar-refractivity contribution in [3.05, 3.63) is 111 Å². The Morgan fingerprint density at radius 3 is 2.50 bits per heavy atom. The van der Waals surface area contributed by atoms with E-state index in [4.69, 9.17) is 16.3 Å². The second kappa shape index (κ2) is 8.61. The highest BCUT2D eigenvalue weighted by Crippen LogP contribution is 2.43. The summed E-state index contributed by atoms with van der Waals surface area (Å²) in [6, 6.07) is 24.5. The van der Waals surface area contributed by atoms with Crippen LogP contribution in [0.25, 0.3) is 10.4 Å². The third kappa shape index (κ3) is 3.53. The van der Waals surface area contributed by atoms with E-state index in [1.807, 2.05) is 41.3 Å². The van der Waals surface area contributed by atoms with Crippen molar-refractivity contribution in [1.29, 1.82) is 0 Å². The summed E-state index contributed by atoms with van der Waals surface area (Å²) in [4.78, 5) is 18.0. The molecule has 0 N–H and O–H groups in total. The summed E-state index contributed by atoms with van der Waals surface area (Å²) in [6.07, 6.45) is 2.78. The highest BCUT2D eigenvalue weighted by atomic mass is 35.5. The number of carbonyl (C=O) groups is 1. The molecule has 0 fully saturated rings. The zero-order valence-electron chi connectivity index (χ0n) is 18.9. The summed E-state index contributed by atoms with van der Waals surface area (Å²) in [5, 5.41) is 0.688. The van der Waals surface area contributed by atoms with Crippen LogP contribution in [-0.2, 0) is 19.3 Å². The van der Waals surface area contributed by atoms with Crippen molar-refractivity contribution in [1.82, 2.24) is 4.90 Å². The summed E-state index contributed by atoms with van der Waals surface area (Å²) >= 11 is 8.26. The minimum Gasteiger partial charge on any atom is -0.497 e.